The quantitative estimate of drug-likeness (QED) is 0.343. The average molecular weight is 221 g/mol. The molecule has 0 aromatic carbocycles. The normalized spacial score (nSPS) is 11.3. The molecule has 0 aromatic rings. The van der Waals surface area contributed by atoms with Gasteiger partial charge in [0.1, 0.15) is 5.04 Å². The highest BCUT2D eigenvalue weighted by Crippen LogP contribution is 2.22. The van der Waals surface area contributed by atoms with Gasteiger partial charge in [0.25, 0.3) is 0 Å². The van der Waals surface area contributed by atoms with Crippen LogP contribution in [0.2, 0.25) is 0 Å². The van der Waals surface area contributed by atoms with Crippen molar-refractivity contribution in [1.82, 2.24) is 0 Å². The molecule has 0 saturated heterocycles. The lowest BCUT2D eigenvalue weighted by molar-refractivity contribution is 0.323. The summed E-state index contributed by atoms with van der Waals surface area (Å²) in [4.78, 5) is 4.04. The summed E-state index contributed by atoms with van der Waals surface area (Å²) in [5.41, 5.74) is 0. The predicted octanol–water partition coefficient (Wildman–Crippen LogP) is 2.99. The first-order chi connectivity index (χ1) is 6.35. The van der Waals surface area contributed by atoms with Gasteiger partial charge in [0.15, 0.2) is 0 Å². The predicted molar refractivity (Wildman–Crippen MR) is 66.7 cm³/mol. The van der Waals surface area contributed by atoms with Gasteiger partial charge in [0.2, 0.25) is 0 Å². The number of hydrogen-bond acceptors (Lipinski definition) is 4. The van der Waals surface area contributed by atoms with Crippen molar-refractivity contribution >= 4 is 26.6 Å². The topological polar surface area (TPSA) is 32.6 Å². The number of hydrogen-bond donors (Lipinski definition) is 1. The summed E-state index contributed by atoms with van der Waals surface area (Å²) in [6, 6.07) is 0. The molecule has 13 heavy (non-hydrogen) atoms. The van der Waals surface area contributed by atoms with Gasteiger partial charge in [-0.3, -0.25) is 4.99 Å². The van der Waals surface area contributed by atoms with Gasteiger partial charge in [-0.05, 0) is 23.8 Å². The van der Waals surface area contributed by atoms with E-state index in [1.165, 1.54) is 0 Å². The lowest BCUT2D eigenvalue weighted by Gasteiger charge is -1.96. The summed E-state index contributed by atoms with van der Waals surface area (Å²) >= 11 is 0. The largest absolute Gasteiger partial charge is 0.395 e. The zero-order chi connectivity index (χ0) is 10.5. The smallest absolute Gasteiger partial charge is 0.100 e. The number of aliphatic hydroxyl groups is 1. The molecule has 0 fully saturated rings. The Morgan fingerprint density at radius 3 is 2.46 bits per heavy atom. The molecule has 0 unspecified atom stereocenters. The second-order valence-corrected chi connectivity index (χ2v) is 4.13. The maximum Gasteiger partial charge on any atom is 0.100 e. The number of aliphatic hydroxyl groups excluding tert-OH is 1. The van der Waals surface area contributed by atoms with E-state index in [2.05, 4.69) is 4.99 Å². The fraction of sp³-hybridized carbons (Fsp3) is 0.667. The minimum Gasteiger partial charge on any atom is -0.395 e. The van der Waals surface area contributed by atoms with Gasteiger partial charge in [0, 0.05) is 12.8 Å². The van der Waals surface area contributed by atoms with Gasteiger partial charge in [-0.15, -0.1) is 0 Å². The van der Waals surface area contributed by atoms with Crippen molar-refractivity contribution in [3.63, 3.8) is 0 Å². The van der Waals surface area contributed by atoms with Crippen LogP contribution >= 0.6 is 21.6 Å². The van der Waals surface area contributed by atoms with E-state index < -0.39 is 0 Å². The minimum atomic E-state index is 0.227. The van der Waals surface area contributed by atoms with Crippen molar-refractivity contribution in [3.05, 3.63) is 12.2 Å². The Hall–Kier alpha value is 0.0700. The Morgan fingerprint density at radius 2 is 2.08 bits per heavy atom. The molecule has 0 aliphatic heterocycles. The van der Waals surface area contributed by atoms with Crippen molar-refractivity contribution in [3.8, 4) is 0 Å². The summed E-state index contributed by atoms with van der Waals surface area (Å²) in [6.45, 7) is 6.19. The third-order valence-corrected chi connectivity index (χ3v) is 3.17. The molecule has 0 aromatic heterocycles. The van der Waals surface area contributed by atoms with Crippen molar-refractivity contribution in [2.75, 3.05) is 19.4 Å². The van der Waals surface area contributed by atoms with Crippen LogP contribution in [-0.2, 0) is 0 Å². The first kappa shape index (κ1) is 15.5. The summed E-state index contributed by atoms with van der Waals surface area (Å²) in [5, 5.41) is 9.48. The molecule has 0 amide bonds. The van der Waals surface area contributed by atoms with Gasteiger partial charge in [0.05, 0.1) is 6.61 Å². The molecule has 0 radical (unpaired) electrons. The van der Waals surface area contributed by atoms with Gasteiger partial charge in [-0.1, -0.05) is 30.7 Å². The summed E-state index contributed by atoms with van der Waals surface area (Å²) in [6.07, 6.45) is 3.91. The first-order valence-corrected chi connectivity index (χ1v) is 6.66. The Kier molecular flexibility index (Phi) is 17.4. The lowest BCUT2D eigenvalue weighted by atomic mass is 10.6. The second kappa shape index (κ2) is 14.6. The van der Waals surface area contributed by atoms with E-state index in [1.807, 2.05) is 32.9 Å². The Balaban J connectivity index is 0. The number of rotatable bonds is 4. The fourth-order valence-corrected chi connectivity index (χ4v) is 2.19. The fourth-order valence-electron chi connectivity index (χ4n) is 0.421. The summed E-state index contributed by atoms with van der Waals surface area (Å²) in [7, 11) is 4.97. The molecule has 0 bridgehead atoms. The molecule has 0 aliphatic rings. The average Bonchev–Trinajstić information content (AvgIpc) is 2.20. The third kappa shape index (κ3) is 12.1. The molecule has 2 nitrogen and oxygen atoms in total. The van der Waals surface area contributed by atoms with Crippen LogP contribution in [0.25, 0.3) is 0 Å². The second-order valence-electron chi connectivity index (χ2n) is 1.69. The molecule has 0 aliphatic carbocycles. The molecule has 0 heterocycles. The van der Waals surface area contributed by atoms with Gasteiger partial charge >= 0.3 is 0 Å². The highest BCUT2D eigenvalue weighted by molar-refractivity contribution is 8.82. The van der Waals surface area contributed by atoms with Crippen LogP contribution in [-0.4, -0.2) is 29.6 Å². The van der Waals surface area contributed by atoms with Crippen LogP contribution < -0.4 is 0 Å². The van der Waals surface area contributed by atoms with Crippen LogP contribution in [0.3, 0.4) is 0 Å². The zero-order valence-corrected chi connectivity index (χ0v) is 10.4. The third-order valence-electron chi connectivity index (χ3n) is 0.849. The molecule has 0 atom stereocenters. The molecule has 78 valence electrons. The number of nitrogens with zero attached hydrogens (tertiary/aromatic N) is 1. The van der Waals surface area contributed by atoms with E-state index in [9.17, 15) is 0 Å². The van der Waals surface area contributed by atoms with E-state index in [1.54, 1.807) is 28.6 Å². The molecular formula is C9H19NOS2. The Bertz CT molecular complexity index is 147. The van der Waals surface area contributed by atoms with Gasteiger partial charge in [-0.2, -0.15) is 0 Å². The monoisotopic (exact) mass is 221 g/mol. The molecule has 4 heteroatoms. The lowest BCUT2D eigenvalue weighted by Crippen LogP contribution is -1.86. The van der Waals surface area contributed by atoms with Crippen LogP contribution in [0.4, 0.5) is 0 Å². The maximum absolute atomic E-state index is 8.49. The van der Waals surface area contributed by atoms with E-state index >= 15 is 0 Å². The van der Waals surface area contributed by atoms with E-state index in [-0.39, 0.29) is 6.61 Å². The minimum absolute atomic E-state index is 0.227. The Morgan fingerprint density at radius 1 is 1.46 bits per heavy atom. The standard InChI is InChI=1S/C7H13NOS2.C2H6/c1-3-4-7(8-2)11-10-6-5-9;1-2/h3-4,9H,5-6H2,1-2H3;1-2H3/b4-3-,8-7?;. The van der Waals surface area contributed by atoms with Crippen molar-refractivity contribution in [1.29, 1.82) is 0 Å². The molecule has 0 spiro atoms. The first-order valence-electron chi connectivity index (χ1n) is 4.35. The van der Waals surface area contributed by atoms with Crippen LogP contribution in [0, 0.1) is 0 Å². The highest BCUT2D eigenvalue weighted by atomic mass is 33.1. The van der Waals surface area contributed by atoms with Crippen molar-refractivity contribution < 1.29 is 5.11 Å². The molecular weight excluding hydrogens is 202 g/mol. The number of aliphatic imine (C=N–C) groups is 1. The van der Waals surface area contributed by atoms with Gasteiger partial charge in [-0.25, -0.2) is 0 Å². The van der Waals surface area contributed by atoms with Crippen LogP contribution in [0.1, 0.15) is 20.8 Å². The summed E-state index contributed by atoms with van der Waals surface area (Å²) < 4.78 is 0. The van der Waals surface area contributed by atoms with Crippen molar-refractivity contribution in [2.24, 2.45) is 4.99 Å². The molecule has 0 rings (SSSR count). The summed E-state index contributed by atoms with van der Waals surface area (Å²) in [5.74, 6) is 0.751. The van der Waals surface area contributed by atoms with E-state index in [0.29, 0.717) is 0 Å². The van der Waals surface area contributed by atoms with Crippen LogP contribution in [0.15, 0.2) is 17.1 Å². The van der Waals surface area contributed by atoms with E-state index in [4.69, 9.17) is 5.11 Å². The van der Waals surface area contributed by atoms with E-state index in [0.717, 1.165) is 10.8 Å². The SMILES string of the molecule is C/C=C\C(=NC)SSCCO.CC. The molecule has 0 saturated carbocycles. The molecule has 1 N–H and O–H groups in total. The maximum atomic E-state index is 8.49. The Labute approximate surface area is 89.3 Å². The zero-order valence-electron chi connectivity index (χ0n) is 8.78. The van der Waals surface area contributed by atoms with Crippen LogP contribution in [0.5, 0.6) is 0 Å². The highest BCUT2D eigenvalue weighted by Gasteiger charge is 1.93. The van der Waals surface area contributed by atoms with Crippen molar-refractivity contribution in [2.45, 2.75) is 20.8 Å². The number of allylic oxidation sites excluding steroid dienone is 1. The van der Waals surface area contributed by atoms with Gasteiger partial charge < -0.3 is 5.11 Å².